The van der Waals surface area contributed by atoms with Gasteiger partial charge in [-0.15, -0.1) is 0 Å². The number of aromatic nitrogens is 2. The summed E-state index contributed by atoms with van der Waals surface area (Å²) in [6, 6.07) is 6.66. The van der Waals surface area contributed by atoms with Crippen LogP contribution in [0.5, 0.6) is 0 Å². The molecule has 1 saturated heterocycles. The van der Waals surface area contributed by atoms with Crippen molar-refractivity contribution < 1.29 is 9.13 Å². The molecule has 24 heavy (non-hydrogen) atoms. The van der Waals surface area contributed by atoms with Crippen LogP contribution in [0.2, 0.25) is 5.28 Å². The number of hydrogen-bond donors (Lipinski definition) is 0. The highest BCUT2D eigenvalue weighted by Crippen LogP contribution is 2.41. The number of benzene rings is 1. The maximum Gasteiger partial charge on any atom is 0.224 e. The molecule has 0 spiro atoms. The van der Waals surface area contributed by atoms with Crippen molar-refractivity contribution in [1.82, 2.24) is 9.97 Å². The van der Waals surface area contributed by atoms with Gasteiger partial charge in [-0.05, 0) is 49.1 Å². The van der Waals surface area contributed by atoms with Gasteiger partial charge in [0.2, 0.25) is 5.28 Å². The lowest BCUT2D eigenvalue weighted by Gasteiger charge is -2.40. The van der Waals surface area contributed by atoms with Gasteiger partial charge in [0.25, 0.3) is 0 Å². The molecule has 2 aliphatic rings. The van der Waals surface area contributed by atoms with Crippen molar-refractivity contribution in [2.24, 2.45) is 0 Å². The predicted octanol–water partition coefficient (Wildman–Crippen LogP) is 3.57. The first-order valence-electron chi connectivity index (χ1n) is 8.34. The summed E-state index contributed by atoms with van der Waals surface area (Å²) in [5.74, 6) is 0.871. The second-order valence-corrected chi connectivity index (χ2v) is 6.64. The van der Waals surface area contributed by atoms with Gasteiger partial charge in [0.1, 0.15) is 11.6 Å². The summed E-state index contributed by atoms with van der Waals surface area (Å²) in [7, 11) is 0. The Balaban J connectivity index is 1.64. The van der Waals surface area contributed by atoms with Crippen LogP contribution < -0.4 is 4.90 Å². The normalized spacial score (nSPS) is 20.1. The number of halogens is 2. The SMILES string of the molecule is CCOC1CN(c2nc(Cl)nc3c2CCC3c2ccc(F)cc2)C1. The monoisotopic (exact) mass is 347 g/mol. The molecule has 4 rings (SSSR count). The highest BCUT2D eigenvalue weighted by Gasteiger charge is 2.35. The number of anilines is 1. The van der Waals surface area contributed by atoms with E-state index in [0.717, 1.165) is 49.6 Å². The molecule has 6 heteroatoms. The molecule has 0 N–H and O–H groups in total. The quantitative estimate of drug-likeness (QED) is 0.792. The third-order valence-electron chi connectivity index (χ3n) is 4.83. The highest BCUT2D eigenvalue weighted by atomic mass is 35.5. The summed E-state index contributed by atoms with van der Waals surface area (Å²) in [4.78, 5) is 11.2. The predicted molar refractivity (Wildman–Crippen MR) is 91.2 cm³/mol. The minimum atomic E-state index is -0.221. The lowest BCUT2D eigenvalue weighted by Crippen LogP contribution is -2.53. The minimum absolute atomic E-state index is 0.156. The lowest BCUT2D eigenvalue weighted by molar-refractivity contribution is 0.0426. The van der Waals surface area contributed by atoms with E-state index < -0.39 is 0 Å². The average Bonchev–Trinajstić information content (AvgIpc) is 2.94. The van der Waals surface area contributed by atoms with Crippen molar-refractivity contribution in [3.63, 3.8) is 0 Å². The Morgan fingerprint density at radius 2 is 2.00 bits per heavy atom. The molecule has 1 fully saturated rings. The topological polar surface area (TPSA) is 38.2 Å². The lowest BCUT2D eigenvalue weighted by atomic mass is 9.96. The Labute approximate surface area is 145 Å². The van der Waals surface area contributed by atoms with Crippen LogP contribution in [0.4, 0.5) is 10.2 Å². The van der Waals surface area contributed by atoms with Gasteiger partial charge >= 0.3 is 0 Å². The fourth-order valence-corrected chi connectivity index (χ4v) is 3.82. The van der Waals surface area contributed by atoms with Crippen LogP contribution in [-0.2, 0) is 11.2 Å². The second-order valence-electron chi connectivity index (χ2n) is 6.31. The van der Waals surface area contributed by atoms with E-state index in [2.05, 4.69) is 14.9 Å². The third kappa shape index (κ3) is 2.76. The first-order chi connectivity index (χ1) is 11.7. The Bertz CT molecular complexity index is 747. The summed E-state index contributed by atoms with van der Waals surface area (Å²) in [5.41, 5.74) is 3.23. The van der Waals surface area contributed by atoms with Gasteiger partial charge in [0.05, 0.1) is 11.8 Å². The highest BCUT2D eigenvalue weighted by molar-refractivity contribution is 6.28. The molecule has 0 amide bonds. The van der Waals surface area contributed by atoms with Crippen molar-refractivity contribution in [2.45, 2.75) is 31.8 Å². The maximum absolute atomic E-state index is 13.2. The van der Waals surface area contributed by atoms with Gasteiger partial charge in [-0.1, -0.05) is 12.1 Å². The van der Waals surface area contributed by atoms with Crippen LogP contribution in [0.1, 0.15) is 36.1 Å². The van der Waals surface area contributed by atoms with Crippen LogP contribution in [0.25, 0.3) is 0 Å². The summed E-state index contributed by atoms with van der Waals surface area (Å²) in [6.07, 6.45) is 2.14. The smallest absolute Gasteiger partial charge is 0.224 e. The first kappa shape index (κ1) is 15.8. The van der Waals surface area contributed by atoms with Crippen molar-refractivity contribution in [1.29, 1.82) is 0 Å². The molecular formula is C18H19ClFN3O. The molecule has 2 aromatic rings. The average molecular weight is 348 g/mol. The minimum Gasteiger partial charge on any atom is -0.375 e. The number of nitrogens with zero attached hydrogens (tertiary/aromatic N) is 3. The Morgan fingerprint density at radius 1 is 1.25 bits per heavy atom. The largest absolute Gasteiger partial charge is 0.375 e. The molecule has 0 bridgehead atoms. The molecule has 1 aromatic carbocycles. The molecule has 1 atom stereocenters. The zero-order valence-electron chi connectivity index (χ0n) is 13.5. The van der Waals surface area contributed by atoms with E-state index >= 15 is 0 Å². The third-order valence-corrected chi connectivity index (χ3v) is 4.99. The van der Waals surface area contributed by atoms with Gasteiger partial charge in [-0.3, -0.25) is 0 Å². The number of ether oxygens (including phenoxy) is 1. The van der Waals surface area contributed by atoms with E-state index in [0.29, 0.717) is 0 Å². The molecule has 1 unspecified atom stereocenters. The van der Waals surface area contributed by atoms with E-state index in [4.69, 9.17) is 16.3 Å². The van der Waals surface area contributed by atoms with Crippen LogP contribution >= 0.6 is 11.6 Å². The van der Waals surface area contributed by atoms with Crippen molar-refractivity contribution in [3.05, 3.63) is 52.2 Å². The molecule has 126 valence electrons. The van der Waals surface area contributed by atoms with Gasteiger partial charge < -0.3 is 9.64 Å². The van der Waals surface area contributed by atoms with Crippen molar-refractivity contribution in [3.8, 4) is 0 Å². The second kappa shape index (κ2) is 6.30. The van der Waals surface area contributed by atoms with Crippen molar-refractivity contribution in [2.75, 3.05) is 24.6 Å². The van der Waals surface area contributed by atoms with Crippen LogP contribution in [0, 0.1) is 5.82 Å². The molecule has 1 aromatic heterocycles. The van der Waals surface area contributed by atoms with E-state index in [1.807, 2.05) is 19.1 Å². The van der Waals surface area contributed by atoms with Gasteiger partial charge in [-0.25, -0.2) is 14.4 Å². The molecular weight excluding hydrogens is 329 g/mol. The molecule has 2 heterocycles. The summed E-state index contributed by atoms with van der Waals surface area (Å²) >= 11 is 6.19. The number of fused-ring (bicyclic) bond motifs is 1. The van der Waals surface area contributed by atoms with Gasteiger partial charge in [-0.2, -0.15) is 0 Å². The van der Waals surface area contributed by atoms with E-state index in [1.54, 1.807) is 0 Å². The number of rotatable bonds is 4. The zero-order chi connectivity index (χ0) is 16.7. The fraction of sp³-hybridized carbons (Fsp3) is 0.444. The molecule has 0 saturated carbocycles. The number of hydrogen-bond acceptors (Lipinski definition) is 4. The molecule has 4 nitrogen and oxygen atoms in total. The van der Waals surface area contributed by atoms with E-state index in [-0.39, 0.29) is 23.1 Å². The molecule has 1 aliphatic carbocycles. The Kier molecular flexibility index (Phi) is 4.14. The maximum atomic E-state index is 13.2. The van der Waals surface area contributed by atoms with Crippen LogP contribution in [0.15, 0.2) is 24.3 Å². The van der Waals surface area contributed by atoms with E-state index in [9.17, 15) is 4.39 Å². The summed E-state index contributed by atoms with van der Waals surface area (Å²) in [5, 5.41) is 0.276. The van der Waals surface area contributed by atoms with Crippen molar-refractivity contribution >= 4 is 17.4 Å². The first-order valence-corrected chi connectivity index (χ1v) is 8.71. The summed E-state index contributed by atoms with van der Waals surface area (Å²) < 4.78 is 18.8. The van der Waals surface area contributed by atoms with Crippen LogP contribution in [-0.4, -0.2) is 35.8 Å². The van der Waals surface area contributed by atoms with Gasteiger partial charge in [0, 0.05) is 31.2 Å². The standard InChI is InChI=1S/C18H19ClFN3O/c1-2-24-13-9-23(10-13)17-15-8-7-14(16(15)21-18(19)22-17)11-3-5-12(20)6-4-11/h3-6,13-14H,2,7-10H2,1H3. The summed E-state index contributed by atoms with van der Waals surface area (Å²) in [6.45, 7) is 4.42. The molecule has 0 radical (unpaired) electrons. The van der Waals surface area contributed by atoms with E-state index in [1.165, 1.54) is 17.7 Å². The van der Waals surface area contributed by atoms with Crippen LogP contribution in [0.3, 0.4) is 0 Å². The Hall–Kier alpha value is -1.72. The molecule has 1 aliphatic heterocycles. The van der Waals surface area contributed by atoms with Gasteiger partial charge in [0.15, 0.2) is 0 Å². The fourth-order valence-electron chi connectivity index (χ4n) is 3.65. The zero-order valence-corrected chi connectivity index (χ0v) is 14.3. The Morgan fingerprint density at radius 3 is 2.71 bits per heavy atom.